The summed E-state index contributed by atoms with van der Waals surface area (Å²) in [6, 6.07) is -1.33. The Kier molecular flexibility index (Phi) is 3.38. The highest BCUT2D eigenvalue weighted by Crippen LogP contribution is 2.34. The van der Waals surface area contributed by atoms with Crippen LogP contribution in [0.3, 0.4) is 0 Å². The molecule has 0 saturated carbocycles. The predicted octanol–water partition coefficient (Wildman–Crippen LogP) is -0.800. The standard InChI is InChI=1S/C11H12N2O5S/c1-4(14)18-3-5-2-6(19)9-7(12)10(15)13(9)8(5)11(16)17/h7,9H,2-3,12H2,1H3,(H,16,17). The third-order valence-electron chi connectivity index (χ3n) is 3.09. The molecule has 2 aliphatic heterocycles. The minimum Gasteiger partial charge on any atom is -0.477 e. The van der Waals surface area contributed by atoms with Crippen LogP contribution < -0.4 is 5.73 Å². The molecule has 0 aromatic carbocycles. The number of β-lactam (4-membered cyclic amide) rings is 1. The Morgan fingerprint density at radius 2 is 2.21 bits per heavy atom. The van der Waals surface area contributed by atoms with E-state index in [9.17, 15) is 19.5 Å². The number of nitrogens with two attached hydrogens (primary N) is 1. The van der Waals surface area contributed by atoms with Crippen molar-refractivity contribution in [1.82, 2.24) is 4.90 Å². The quantitative estimate of drug-likeness (QED) is 0.396. The fourth-order valence-corrected chi connectivity index (χ4v) is 2.66. The van der Waals surface area contributed by atoms with E-state index in [-0.39, 0.29) is 18.7 Å². The molecule has 102 valence electrons. The van der Waals surface area contributed by atoms with Crippen LogP contribution in [0.5, 0.6) is 0 Å². The van der Waals surface area contributed by atoms with Crippen molar-refractivity contribution in [2.45, 2.75) is 25.4 Å². The fourth-order valence-electron chi connectivity index (χ4n) is 2.24. The van der Waals surface area contributed by atoms with Crippen LogP contribution in [0, 0.1) is 0 Å². The number of rotatable bonds is 3. The summed E-state index contributed by atoms with van der Waals surface area (Å²) >= 11 is 5.14. The molecule has 0 aromatic heterocycles. The Morgan fingerprint density at radius 1 is 1.58 bits per heavy atom. The zero-order valence-corrected chi connectivity index (χ0v) is 10.9. The van der Waals surface area contributed by atoms with Crippen molar-refractivity contribution in [3.8, 4) is 0 Å². The second-order valence-corrected chi connectivity index (χ2v) is 4.88. The van der Waals surface area contributed by atoms with Gasteiger partial charge < -0.3 is 15.6 Å². The molecule has 1 amide bonds. The molecule has 0 spiro atoms. The summed E-state index contributed by atoms with van der Waals surface area (Å²) < 4.78 is 4.79. The lowest BCUT2D eigenvalue weighted by molar-refractivity contribution is -0.149. The van der Waals surface area contributed by atoms with Gasteiger partial charge in [-0.25, -0.2) is 4.79 Å². The van der Waals surface area contributed by atoms with Gasteiger partial charge in [-0.1, -0.05) is 12.2 Å². The van der Waals surface area contributed by atoms with Crippen LogP contribution in [0.2, 0.25) is 0 Å². The molecule has 7 nitrogen and oxygen atoms in total. The van der Waals surface area contributed by atoms with E-state index >= 15 is 0 Å². The highest BCUT2D eigenvalue weighted by Gasteiger charge is 2.53. The van der Waals surface area contributed by atoms with Crippen molar-refractivity contribution in [2.24, 2.45) is 5.73 Å². The molecule has 8 heteroatoms. The monoisotopic (exact) mass is 284 g/mol. The number of hydrogen-bond donors (Lipinski definition) is 2. The van der Waals surface area contributed by atoms with Crippen LogP contribution in [0.15, 0.2) is 11.3 Å². The van der Waals surface area contributed by atoms with Crippen LogP contribution >= 0.6 is 12.2 Å². The number of aliphatic carboxylic acids is 1. The van der Waals surface area contributed by atoms with E-state index in [2.05, 4.69) is 0 Å². The number of carboxylic acid groups (broad SMARTS) is 1. The number of carbonyl (C=O) groups is 3. The minimum atomic E-state index is -1.25. The number of hydrogen-bond acceptors (Lipinski definition) is 6. The van der Waals surface area contributed by atoms with Crippen LogP contribution in [-0.4, -0.2) is 51.4 Å². The molecular weight excluding hydrogens is 272 g/mol. The molecule has 0 radical (unpaired) electrons. The first-order valence-corrected chi connectivity index (χ1v) is 5.95. The van der Waals surface area contributed by atoms with Gasteiger partial charge in [0, 0.05) is 23.8 Å². The van der Waals surface area contributed by atoms with Crippen LogP contribution in [-0.2, 0) is 19.1 Å². The average Bonchev–Trinajstić information content (AvgIpc) is 2.33. The molecule has 1 saturated heterocycles. The maximum atomic E-state index is 11.7. The van der Waals surface area contributed by atoms with Gasteiger partial charge in [-0.2, -0.15) is 0 Å². The first kappa shape index (κ1) is 13.6. The topological polar surface area (TPSA) is 110 Å². The van der Waals surface area contributed by atoms with Gasteiger partial charge in [-0.05, 0) is 0 Å². The van der Waals surface area contributed by atoms with Gasteiger partial charge in [-0.3, -0.25) is 14.5 Å². The molecule has 2 heterocycles. The van der Waals surface area contributed by atoms with Gasteiger partial charge in [0.15, 0.2) is 0 Å². The third kappa shape index (κ3) is 2.13. The third-order valence-corrected chi connectivity index (χ3v) is 3.47. The highest BCUT2D eigenvalue weighted by atomic mass is 32.1. The van der Waals surface area contributed by atoms with E-state index in [0.717, 1.165) is 4.90 Å². The van der Waals surface area contributed by atoms with Gasteiger partial charge in [0.25, 0.3) is 0 Å². The second-order valence-electron chi connectivity index (χ2n) is 4.36. The summed E-state index contributed by atoms with van der Waals surface area (Å²) in [5, 5.41) is 9.21. The van der Waals surface area contributed by atoms with E-state index < -0.39 is 29.9 Å². The first-order valence-electron chi connectivity index (χ1n) is 5.54. The zero-order valence-electron chi connectivity index (χ0n) is 10.1. The lowest BCUT2D eigenvalue weighted by atomic mass is 9.84. The Bertz CT molecular complexity index is 527. The summed E-state index contributed by atoms with van der Waals surface area (Å²) in [6.07, 6.45) is 0.187. The van der Waals surface area contributed by atoms with Crippen LogP contribution in [0.25, 0.3) is 0 Å². The average molecular weight is 284 g/mol. The van der Waals surface area contributed by atoms with E-state index in [4.69, 9.17) is 22.7 Å². The minimum absolute atomic E-state index is 0.174. The van der Waals surface area contributed by atoms with Crippen molar-refractivity contribution in [2.75, 3.05) is 6.61 Å². The number of ether oxygens (including phenoxy) is 1. The van der Waals surface area contributed by atoms with Gasteiger partial charge >= 0.3 is 11.9 Å². The molecule has 2 atom stereocenters. The molecule has 0 bridgehead atoms. The van der Waals surface area contributed by atoms with Crippen molar-refractivity contribution in [3.05, 3.63) is 11.3 Å². The molecule has 2 unspecified atom stereocenters. The maximum absolute atomic E-state index is 11.7. The Morgan fingerprint density at radius 3 is 2.74 bits per heavy atom. The lowest BCUT2D eigenvalue weighted by Crippen LogP contribution is -2.72. The molecule has 0 aromatic rings. The van der Waals surface area contributed by atoms with Crippen LogP contribution in [0.4, 0.5) is 0 Å². The van der Waals surface area contributed by atoms with Gasteiger partial charge in [-0.15, -0.1) is 0 Å². The van der Waals surface area contributed by atoms with E-state index in [0.29, 0.717) is 10.4 Å². The zero-order chi connectivity index (χ0) is 14.3. The number of carboxylic acids is 1. The normalized spacial score (nSPS) is 25.9. The number of fused-ring (bicyclic) bond motifs is 1. The molecule has 19 heavy (non-hydrogen) atoms. The van der Waals surface area contributed by atoms with E-state index in [1.165, 1.54) is 6.92 Å². The first-order chi connectivity index (χ1) is 8.84. The summed E-state index contributed by atoms with van der Waals surface area (Å²) in [6.45, 7) is 1.03. The van der Waals surface area contributed by atoms with E-state index in [1.807, 2.05) is 0 Å². The van der Waals surface area contributed by atoms with Crippen molar-refractivity contribution >= 4 is 34.9 Å². The molecule has 3 N–H and O–H groups in total. The lowest BCUT2D eigenvalue weighted by Gasteiger charge is -2.48. The molecule has 2 rings (SSSR count). The Labute approximate surface area is 114 Å². The number of nitrogens with zero attached hydrogens (tertiary/aromatic N) is 1. The van der Waals surface area contributed by atoms with Gasteiger partial charge in [0.05, 0.1) is 6.04 Å². The number of carbonyl (C=O) groups excluding carboxylic acids is 2. The number of esters is 1. The largest absolute Gasteiger partial charge is 0.477 e. The Balaban J connectivity index is 2.36. The molecule has 0 aliphatic carbocycles. The predicted molar refractivity (Wildman–Crippen MR) is 67.1 cm³/mol. The molecule has 2 aliphatic rings. The van der Waals surface area contributed by atoms with E-state index in [1.54, 1.807) is 0 Å². The second kappa shape index (κ2) is 4.71. The van der Waals surface area contributed by atoms with Crippen molar-refractivity contribution in [1.29, 1.82) is 0 Å². The molecule has 1 fully saturated rings. The SMILES string of the molecule is CC(=O)OCC1=C(C(=O)O)N2C(=O)C(N)C2C(=S)C1. The van der Waals surface area contributed by atoms with Crippen molar-refractivity contribution < 1.29 is 24.2 Å². The summed E-state index contributed by atoms with van der Waals surface area (Å²) in [5.41, 5.74) is 5.75. The Hall–Kier alpha value is -1.80. The maximum Gasteiger partial charge on any atom is 0.352 e. The highest BCUT2D eigenvalue weighted by molar-refractivity contribution is 7.80. The van der Waals surface area contributed by atoms with Gasteiger partial charge in [0.1, 0.15) is 18.3 Å². The molecular formula is C11H12N2O5S. The smallest absolute Gasteiger partial charge is 0.352 e. The fraction of sp³-hybridized carbons (Fsp3) is 0.455. The summed E-state index contributed by atoms with van der Waals surface area (Å²) in [5.74, 6) is -2.27. The summed E-state index contributed by atoms with van der Waals surface area (Å²) in [7, 11) is 0. The number of amides is 1. The summed E-state index contributed by atoms with van der Waals surface area (Å²) in [4.78, 5) is 35.3. The van der Waals surface area contributed by atoms with Crippen molar-refractivity contribution in [3.63, 3.8) is 0 Å². The number of thiocarbonyl (C=S) groups is 1. The van der Waals surface area contributed by atoms with Gasteiger partial charge in [0.2, 0.25) is 5.91 Å². The van der Waals surface area contributed by atoms with Crippen LogP contribution in [0.1, 0.15) is 13.3 Å².